The highest BCUT2D eigenvalue weighted by Crippen LogP contribution is 2.15. The number of likely N-dealkylation sites (N-methyl/N-ethyl adjacent to an activating group) is 1. The number of amides is 2. The van der Waals surface area contributed by atoms with Crippen LogP contribution in [0.4, 0.5) is 0 Å². The summed E-state index contributed by atoms with van der Waals surface area (Å²) in [6.45, 7) is 3.93. The minimum atomic E-state index is -0.311. The zero-order valence-corrected chi connectivity index (χ0v) is 13.1. The Morgan fingerprint density at radius 3 is 2.62 bits per heavy atom. The highest BCUT2D eigenvalue weighted by molar-refractivity contribution is 5.83. The van der Waals surface area contributed by atoms with Crippen LogP contribution in [0.3, 0.4) is 0 Å². The average Bonchev–Trinajstić information content (AvgIpc) is 2.83. The molecule has 2 rings (SSSR count). The molecule has 1 aliphatic rings. The van der Waals surface area contributed by atoms with Gasteiger partial charge in [0.15, 0.2) is 0 Å². The van der Waals surface area contributed by atoms with E-state index in [-0.39, 0.29) is 17.9 Å². The van der Waals surface area contributed by atoms with Gasteiger partial charge in [-0.25, -0.2) is 4.98 Å². The van der Waals surface area contributed by atoms with Crippen molar-refractivity contribution >= 4 is 11.8 Å². The molecular formula is C14H23N5O2. The third-order valence-electron chi connectivity index (χ3n) is 3.93. The monoisotopic (exact) mass is 293 g/mol. The summed E-state index contributed by atoms with van der Waals surface area (Å²) in [4.78, 5) is 33.7. The Kier molecular flexibility index (Phi) is 4.62. The van der Waals surface area contributed by atoms with E-state index in [0.29, 0.717) is 26.2 Å². The fraction of sp³-hybridized carbons (Fsp3) is 0.643. The molecule has 1 fully saturated rings. The summed E-state index contributed by atoms with van der Waals surface area (Å²) in [5, 5.41) is 0. The zero-order chi connectivity index (χ0) is 15.6. The molecule has 1 aliphatic heterocycles. The molecule has 0 bridgehead atoms. The molecule has 1 saturated heterocycles. The number of carbonyl (C=O) groups is 2. The van der Waals surface area contributed by atoms with Crippen LogP contribution in [-0.2, 0) is 23.2 Å². The Morgan fingerprint density at radius 1 is 1.38 bits per heavy atom. The summed E-state index contributed by atoms with van der Waals surface area (Å²) < 4.78 is 1.95. The third kappa shape index (κ3) is 3.41. The number of rotatable bonds is 3. The summed E-state index contributed by atoms with van der Waals surface area (Å²) in [6, 6.07) is -0.311. The van der Waals surface area contributed by atoms with Crippen molar-refractivity contribution in [3.8, 4) is 0 Å². The van der Waals surface area contributed by atoms with Gasteiger partial charge in [0.05, 0.1) is 6.54 Å². The van der Waals surface area contributed by atoms with Crippen LogP contribution in [0.1, 0.15) is 12.7 Å². The number of nitrogens with zero attached hydrogens (tertiary/aromatic N) is 5. The number of imidazole rings is 1. The van der Waals surface area contributed by atoms with E-state index < -0.39 is 0 Å². The van der Waals surface area contributed by atoms with Crippen LogP contribution in [0.2, 0.25) is 0 Å². The van der Waals surface area contributed by atoms with Crippen molar-refractivity contribution in [3.63, 3.8) is 0 Å². The molecule has 7 nitrogen and oxygen atoms in total. The van der Waals surface area contributed by atoms with Gasteiger partial charge in [-0.3, -0.25) is 14.5 Å². The first-order valence-corrected chi connectivity index (χ1v) is 7.07. The second kappa shape index (κ2) is 6.26. The van der Waals surface area contributed by atoms with Gasteiger partial charge in [-0.1, -0.05) is 0 Å². The van der Waals surface area contributed by atoms with E-state index in [1.54, 1.807) is 37.0 Å². The third-order valence-corrected chi connectivity index (χ3v) is 3.93. The summed E-state index contributed by atoms with van der Waals surface area (Å²) in [5.41, 5.74) is 0. The van der Waals surface area contributed by atoms with Crippen molar-refractivity contribution in [2.75, 3.05) is 33.7 Å². The van der Waals surface area contributed by atoms with Crippen molar-refractivity contribution in [1.82, 2.24) is 24.3 Å². The van der Waals surface area contributed by atoms with Crippen molar-refractivity contribution < 1.29 is 9.59 Å². The van der Waals surface area contributed by atoms with Crippen LogP contribution in [0.25, 0.3) is 0 Å². The maximum Gasteiger partial charge on any atom is 0.241 e. The minimum absolute atomic E-state index is 0.0168. The first kappa shape index (κ1) is 15.5. The Hall–Kier alpha value is -1.89. The number of aromatic nitrogens is 2. The molecule has 1 atom stereocenters. The summed E-state index contributed by atoms with van der Waals surface area (Å²) in [5.74, 6) is 0.959. The molecule has 0 N–H and O–H groups in total. The first-order chi connectivity index (χ1) is 9.90. The molecule has 2 heterocycles. The van der Waals surface area contributed by atoms with E-state index in [4.69, 9.17) is 0 Å². The van der Waals surface area contributed by atoms with Gasteiger partial charge in [-0.05, 0) is 0 Å². The highest BCUT2D eigenvalue weighted by Gasteiger charge is 2.34. The topological polar surface area (TPSA) is 61.7 Å². The van der Waals surface area contributed by atoms with E-state index >= 15 is 0 Å². The minimum Gasteiger partial charge on any atom is -0.347 e. The van der Waals surface area contributed by atoms with E-state index in [2.05, 4.69) is 9.88 Å². The molecule has 2 amide bonds. The van der Waals surface area contributed by atoms with Gasteiger partial charge >= 0.3 is 0 Å². The summed E-state index contributed by atoms with van der Waals surface area (Å²) in [7, 11) is 5.43. The Balaban J connectivity index is 2.16. The molecule has 1 unspecified atom stereocenters. The molecule has 0 aromatic carbocycles. The predicted molar refractivity (Wildman–Crippen MR) is 78.4 cm³/mol. The lowest BCUT2D eigenvalue weighted by atomic mass is 10.1. The molecule has 7 heteroatoms. The molecule has 1 aromatic heterocycles. The summed E-state index contributed by atoms with van der Waals surface area (Å²) in [6.07, 6.45) is 3.65. The van der Waals surface area contributed by atoms with Crippen molar-refractivity contribution in [2.24, 2.45) is 7.05 Å². The largest absolute Gasteiger partial charge is 0.347 e. The Labute approximate surface area is 125 Å². The van der Waals surface area contributed by atoms with Crippen molar-refractivity contribution in [1.29, 1.82) is 0 Å². The smallest absolute Gasteiger partial charge is 0.241 e. The van der Waals surface area contributed by atoms with Crippen molar-refractivity contribution in [2.45, 2.75) is 19.5 Å². The van der Waals surface area contributed by atoms with Crippen LogP contribution >= 0.6 is 0 Å². The first-order valence-electron chi connectivity index (χ1n) is 7.07. The number of hydrogen-bond donors (Lipinski definition) is 0. The van der Waals surface area contributed by atoms with Gasteiger partial charge in [0, 0.05) is 60.1 Å². The van der Waals surface area contributed by atoms with Crippen LogP contribution in [0.5, 0.6) is 0 Å². The average molecular weight is 293 g/mol. The molecular weight excluding hydrogens is 270 g/mol. The molecule has 116 valence electrons. The molecule has 0 saturated carbocycles. The fourth-order valence-corrected chi connectivity index (χ4v) is 2.56. The van der Waals surface area contributed by atoms with Crippen LogP contribution in [0.15, 0.2) is 12.4 Å². The second-order valence-corrected chi connectivity index (χ2v) is 5.64. The predicted octanol–water partition coefficient (Wildman–Crippen LogP) is -0.459. The number of hydrogen-bond acceptors (Lipinski definition) is 4. The Morgan fingerprint density at radius 2 is 2.10 bits per heavy atom. The maximum atomic E-state index is 12.4. The lowest BCUT2D eigenvalue weighted by Gasteiger charge is -2.40. The zero-order valence-electron chi connectivity index (χ0n) is 13.1. The van der Waals surface area contributed by atoms with Gasteiger partial charge in [0.25, 0.3) is 0 Å². The van der Waals surface area contributed by atoms with E-state index in [1.165, 1.54) is 0 Å². The number of aryl methyl sites for hydroxylation is 1. The second-order valence-electron chi connectivity index (χ2n) is 5.64. The maximum absolute atomic E-state index is 12.4. The van der Waals surface area contributed by atoms with Crippen LogP contribution in [0, 0.1) is 0 Å². The number of piperazine rings is 1. The lowest BCUT2D eigenvalue weighted by molar-refractivity contribution is -0.141. The highest BCUT2D eigenvalue weighted by atomic mass is 16.2. The van der Waals surface area contributed by atoms with Gasteiger partial charge < -0.3 is 14.4 Å². The fourth-order valence-electron chi connectivity index (χ4n) is 2.56. The van der Waals surface area contributed by atoms with E-state index in [0.717, 1.165) is 5.82 Å². The van der Waals surface area contributed by atoms with Crippen molar-refractivity contribution in [3.05, 3.63) is 18.2 Å². The molecule has 0 radical (unpaired) electrons. The lowest BCUT2D eigenvalue weighted by Crippen LogP contribution is -2.59. The molecule has 1 aromatic rings. The summed E-state index contributed by atoms with van der Waals surface area (Å²) >= 11 is 0. The van der Waals surface area contributed by atoms with E-state index in [1.807, 2.05) is 17.8 Å². The van der Waals surface area contributed by atoms with Gasteiger partial charge in [-0.15, -0.1) is 0 Å². The SMILES string of the molecule is CC(=O)N1CCN(Cc2nccn2C)C(C(=O)N(C)C)C1. The van der Waals surface area contributed by atoms with Gasteiger partial charge in [0.2, 0.25) is 11.8 Å². The van der Waals surface area contributed by atoms with E-state index in [9.17, 15) is 9.59 Å². The van der Waals surface area contributed by atoms with Gasteiger partial charge in [0.1, 0.15) is 11.9 Å². The van der Waals surface area contributed by atoms with Crippen LogP contribution in [-0.4, -0.2) is 75.8 Å². The molecule has 0 aliphatic carbocycles. The normalized spacial score (nSPS) is 19.6. The standard InChI is InChI=1S/C14H23N5O2/c1-11(20)18-7-8-19(10-13-15-5-6-17(13)4)12(9-18)14(21)16(2)3/h5-6,12H,7-10H2,1-4H3. The number of carbonyl (C=O) groups excluding carboxylic acids is 2. The Bertz CT molecular complexity index is 525. The quantitative estimate of drug-likeness (QED) is 0.757. The molecule has 0 spiro atoms. The van der Waals surface area contributed by atoms with Crippen LogP contribution < -0.4 is 0 Å². The molecule has 21 heavy (non-hydrogen) atoms. The van der Waals surface area contributed by atoms with Gasteiger partial charge in [-0.2, -0.15) is 0 Å².